The molecule has 0 saturated carbocycles. The predicted molar refractivity (Wildman–Crippen MR) is 118 cm³/mol. The molecule has 0 radical (unpaired) electrons. The quantitative estimate of drug-likeness (QED) is 0.623. The lowest BCUT2D eigenvalue weighted by atomic mass is 9.85. The summed E-state index contributed by atoms with van der Waals surface area (Å²) in [6, 6.07) is 12.5. The van der Waals surface area contributed by atoms with Crippen LogP contribution in [0.5, 0.6) is 0 Å². The van der Waals surface area contributed by atoms with Crippen molar-refractivity contribution in [2.75, 3.05) is 10.2 Å². The molecule has 1 aliphatic heterocycles. The molecule has 150 valence electrons. The molecule has 4 nitrogen and oxygen atoms in total. The van der Waals surface area contributed by atoms with E-state index in [1.807, 2.05) is 37.3 Å². The number of halogens is 2. The van der Waals surface area contributed by atoms with Gasteiger partial charge in [-0.05, 0) is 49.1 Å². The Labute approximate surface area is 180 Å². The lowest BCUT2D eigenvalue weighted by molar-refractivity contribution is -0.119. The first-order valence-electron chi connectivity index (χ1n) is 9.90. The third kappa shape index (κ3) is 3.67. The monoisotopic (exact) mass is 428 g/mol. The Kier molecular flexibility index (Phi) is 5.66. The molecule has 0 aromatic heterocycles. The summed E-state index contributed by atoms with van der Waals surface area (Å²) in [5.41, 5.74) is 3.92. The first-order chi connectivity index (χ1) is 14.0. The fourth-order valence-corrected chi connectivity index (χ4v) is 4.45. The van der Waals surface area contributed by atoms with Crippen LogP contribution in [0.15, 0.2) is 53.7 Å². The van der Waals surface area contributed by atoms with E-state index in [2.05, 4.69) is 5.32 Å². The number of nitrogens with zero attached hydrogens (tertiary/aromatic N) is 1. The van der Waals surface area contributed by atoms with Crippen LogP contribution in [-0.4, -0.2) is 11.7 Å². The third-order valence-electron chi connectivity index (χ3n) is 5.43. The van der Waals surface area contributed by atoms with E-state index in [0.717, 1.165) is 41.9 Å². The Balaban J connectivity index is 1.99. The van der Waals surface area contributed by atoms with E-state index in [1.54, 1.807) is 17.0 Å². The normalized spacial score (nSPS) is 18.7. The van der Waals surface area contributed by atoms with Crippen LogP contribution >= 0.6 is 23.2 Å². The number of ketones is 1. The van der Waals surface area contributed by atoms with Crippen molar-refractivity contribution in [3.05, 3.63) is 69.3 Å². The molecule has 6 heteroatoms. The fourth-order valence-electron chi connectivity index (χ4n) is 4.14. The van der Waals surface area contributed by atoms with E-state index in [9.17, 15) is 9.59 Å². The van der Waals surface area contributed by atoms with Crippen LogP contribution in [0, 0.1) is 0 Å². The van der Waals surface area contributed by atoms with Crippen LogP contribution in [0.3, 0.4) is 0 Å². The highest BCUT2D eigenvalue weighted by atomic mass is 35.5. The Bertz CT molecular complexity index is 1020. The van der Waals surface area contributed by atoms with Crippen LogP contribution in [-0.2, 0) is 9.59 Å². The van der Waals surface area contributed by atoms with Crippen LogP contribution < -0.4 is 10.2 Å². The molecule has 2 aromatic carbocycles. The Hall–Kier alpha value is -2.30. The lowest BCUT2D eigenvalue weighted by Crippen LogP contribution is -2.37. The SMILES string of the molecule is CCCC(=O)N1c2ccccc2NC2=C(C(=O)CCC2)[C@H]1c1ccc(Cl)c(Cl)c1. The second-order valence-electron chi connectivity index (χ2n) is 7.40. The molecule has 1 heterocycles. The molecule has 0 spiro atoms. The van der Waals surface area contributed by atoms with E-state index in [1.165, 1.54) is 0 Å². The summed E-state index contributed by atoms with van der Waals surface area (Å²) in [7, 11) is 0. The summed E-state index contributed by atoms with van der Waals surface area (Å²) in [5.74, 6) is 0.0434. The number of allylic oxidation sites excluding steroid dienone is 1. The minimum Gasteiger partial charge on any atom is -0.357 e. The maximum Gasteiger partial charge on any atom is 0.227 e. The number of hydrogen-bond donors (Lipinski definition) is 1. The maximum absolute atomic E-state index is 13.3. The molecule has 0 bridgehead atoms. The van der Waals surface area contributed by atoms with Crippen molar-refractivity contribution in [2.45, 2.75) is 45.1 Å². The number of amides is 1. The molecule has 29 heavy (non-hydrogen) atoms. The molecule has 0 saturated heterocycles. The van der Waals surface area contributed by atoms with Gasteiger partial charge in [-0.1, -0.05) is 48.3 Å². The summed E-state index contributed by atoms with van der Waals surface area (Å²) in [4.78, 5) is 28.2. The molecule has 1 N–H and O–H groups in total. The van der Waals surface area contributed by atoms with Crippen LogP contribution in [0.4, 0.5) is 11.4 Å². The molecular weight excluding hydrogens is 407 g/mol. The van der Waals surface area contributed by atoms with Crippen molar-refractivity contribution in [1.29, 1.82) is 0 Å². The molecule has 1 atom stereocenters. The van der Waals surface area contributed by atoms with Gasteiger partial charge in [0.15, 0.2) is 5.78 Å². The second-order valence-corrected chi connectivity index (χ2v) is 8.22. The topological polar surface area (TPSA) is 49.4 Å². The number of carbonyl (C=O) groups is 2. The molecule has 1 amide bonds. The summed E-state index contributed by atoms with van der Waals surface area (Å²) in [5, 5.41) is 4.30. The van der Waals surface area contributed by atoms with E-state index in [4.69, 9.17) is 23.2 Å². The average molecular weight is 429 g/mol. The van der Waals surface area contributed by atoms with E-state index in [-0.39, 0.29) is 11.7 Å². The highest BCUT2D eigenvalue weighted by Gasteiger charge is 2.39. The number of carbonyl (C=O) groups excluding carboxylic acids is 2. The van der Waals surface area contributed by atoms with Crippen molar-refractivity contribution in [2.24, 2.45) is 0 Å². The van der Waals surface area contributed by atoms with Gasteiger partial charge in [0.2, 0.25) is 5.91 Å². The minimum absolute atomic E-state index is 0.0232. The Morgan fingerprint density at radius 3 is 2.69 bits per heavy atom. The van der Waals surface area contributed by atoms with Crippen molar-refractivity contribution in [3.63, 3.8) is 0 Å². The number of nitrogens with one attached hydrogen (secondary N) is 1. The summed E-state index contributed by atoms with van der Waals surface area (Å²) >= 11 is 12.5. The zero-order valence-electron chi connectivity index (χ0n) is 16.2. The predicted octanol–water partition coefficient (Wildman–Crippen LogP) is 6.30. The van der Waals surface area contributed by atoms with Gasteiger partial charge < -0.3 is 5.32 Å². The van der Waals surface area contributed by atoms with Gasteiger partial charge in [-0.25, -0.2) is 0 Å². The van der Waals surface area contributed by atoms with Crippen molar-refractivity contribution in [3.8, 4) is 0 Å². The van der Waals surface area contributed by atoms with Crippen LogP contribution in [0.1, 0.15) is 50.6 Å². The Morgan fingerprint density at radius 1 is 1.14 bits per heavy atom. The van der Waals surface area contributed by atoms with Crippen molar-refractivity contribution < 1.29 is 9.59 Å². The number of Topliss-reactive ketones (excluding diaryl/α,β-unsaturated/α-hetero) is 1. The summed E-state index contributed by atoms with van der Waals surface area (Å²) < 4.78 is 0. The molecule has 1 aliphatic carbocycles. The number of benzene rings is 2. The first kappa shape index (κ1) is 20.0. The largest absolute Gasteiger partial charge is 0.357 e. The van der Waals surface area contributed by atoms with Gasteiger partial charge in [0.1, 0.15) is 0 Å². The number of rotatable bonds is 3. The number of para-hydroxylation sites is 2. The molecule has 2 aromatic rings. The average Bonchev–Trinajstić information content (AvgIpc) is 2.85. The highest BCUT2D eigenvalue weighted by molar-refractivity contribution is 6.42. The van der Waals surface area contributed by atoms with Gasteiger partial charge in [-0.2, -0.15) is 0 Å². The van der Waals surface area contributed by atoms with E-state index < -0.39 is 6.04 Å². The number of anilines is 2. The molecular formula is C23H22Cl2N2O2. The number of hydrogen-bond acceptors (Lipinski definition) is 3. The van der Waals surface area contributed by atoms with Gasteiger partial charge in [0.25, 0.3) is 0 Å². The van der Waals surface area contributed by atoms with Crippen LogP contribution in [0.2, 0.25) is 10.0 Å². The summed E-state index contributed by atoms with van der Waals surface area (Å²) in [6.07, 6.45) is 3.15. The molecule has 0 unspecified atom stereocenters. The zero-order chi connectivity index (χ0) is 20.5. The Morgan fingerprint density at radius 2 is 1.93 bits per heavy atom. The van der Waals surface area contributed by atoms with E-state index in [0.29, 0.717) is 28.5 Å². The number of fused-ring (bicyclic) bond motifs is 1. The molecule has 2 aliphatic rings. The zero-order valence-corrected chi connectivity index (χ0v) is 17.7. The molecule has 4 rings (SSSR count). The van der Waals surface area contributed by atoms with Gasteiger partial charge in [-0.3, -0.25) is 14.5 Å². The van der Waals surface area contributed by atoms with Crippen LogP contribution in [0.25, 0.3) is 0 Å². The standard InChI is InChI=1S/C23H22Cl2N2O2/c1-2-6-21(29)27-19-9-4-3-7-17(19)26-18-8-5-10-20(28)22(18)23(27)14-11-12-15(24)16(25)13-14/h3-4,7,9,11-13,23,26H,2,5-6,8,10H2,1H3/t23-/m1/s1. The van der Waals surface area contributed by atoms with Crippen molar-refractivity contribution in [1.82, 2.24) is 0 Å². The van der Waals surface area contributed by atoms with Gasteiger partial charge in [-0.15, -0.1) is 0 Å². The molecule has 0 fully saturated rings. The van der Waals surface area contributed by atoms with Gasteiger partial charge >= 0.3 is 0 Å². The summed E-state index contributed by atoms with van der Waals surface area (Å²) in [6.45, 7) is 1.98. The third-order valence-corrected chi connectivity index (χ3v) is 6.17. The smallest absolute Gasteiger partial charge is 0.227 e. The minimum atomic E-state index is -0.539. The van der Waals surface area contributed by atoms with E-state index >= 15 is 0 Å². The highest BCUT2D eigenvalue weighted by Crippen LogP contribution is 2.45. The van der Waals surface area contributed by atoms with Crippen molar-refractivity contribution >= 4 is 46.3 Å². The maximum atomic E-state index is 13.3. The lowest BCUT2D eigenvalue weighted by Gasteiger charge is -2.34. The van der Waals surface area contributed by atoms with Gasteiger partial charge in [0.05, 0.1) is 27.5 Å². The second kappa shape index (κ2) is 8.21. The fraction of sp³-hybridized carbons (Fsp3) is 0.304. The van der Waals surface area contributed by atoms with Gasteiger partial charge in [0, 0.05) is 24.1 Å². The first-order valence-corrected chi connectivity index (χ1v) is 10.7.